The highest BCUT2D eigenvalue weighted by Gasteiger charge is 2.65. The molecule has 10 nitrogen and oxygen atoms in total. The molecule has 1 unspecified atom stereocenters. The summed E-state index contributed by atoms with van der Waals surface area (Å²) in [6.45, 7) is 4.81. The van der Waals surface area contributed by atoms with Crippen molar-refractivity contribution in [2.75, 3.05) is 64.4 Å². The van der Waals surface area contributed by atoms with Crippen LogP contribution in [0.4, 0.5) is 5.69 Å². The molecule has 0 aromatic heterocycles. The lowest BCUT2D eigenvalue weighted by Gasteiger charge is -2.37. The number of hydrogen-bond acceptors (Lipinski definition) is 8. The molecule has 1 amide bonds. The molecule has 0 aliphatic carbocycles. The minimum absolute atomic E-state index is 0. The molecule has 3 saturated heterocycles. The predicted octanol–water partition coefficient (Wildman–Crippen LogP) is -0.475. The highest BCUT2D eigenvalue weighted by molar-refractivity contribution is 7.82. The Bertz CT molecular complexity index is 861. The number of methoxy groups -OCH3 is 1. The summed E-state index contributed by atoms with van der Waals surface area (Å²) in [5.41, 5.74) is -0.935. The van der Waals surface area contributed by atoms with Crippen LogP contribution in [-0.2, 0) is 28.3 Å². The number of benzene rings is 1. The van der Waals surface area contributed by atoms with Gasteiger partial charge in [0.05, 0.1) is 13.2 Å². The first kappa shape index (κ1) is 23.4. The number of piperazine rings is 1. The summed E-state index contributed by atoms with van der Waals surface area (Å²) in [7, 11) is -2.53. The number of carbonyl (C=O) groups excluding carboxylic acids is 1. The number of ether oxygens (including phenoxy) is 1. The average Bonchev–Trinajstić information content (AvgIpc) is 3.09. The highest BCUT2D eigenvalue weighted by atomic mass is 35.5. The molecule has 3 aliphatic heterocycles. The fourth-order valence-electron chi connectivity index (χ4n) is 4.07. The Morgan fingerprint density at radius 3 is 2.43 bits per heavy atom. The van der Waals surface area contributed by atoms with Gasteiger partial charge in [-0.1, -0.05) is 11.6 Å². The van der Waals surface area contributed by atoms with E-state index in [4.69, 9.17) is 24.7 Å². The molecule has 0 bridgehead atoms. The Labute approximate surface area is 180 Å². The van der Waals surface area contributed by atoms with Crippen molar-refractivity contribution in [2.45, 2.75) is 11.7 Å². The molecule has 4 rings (SSSR count). The first-order valence-corrected chi connectivity index (χ1v) is 11.2. The number of nitrogens with zero attached hydrogens (tertiary/aromatic N) is 3. The quantitative estimate of drug-likeness (QED) is 0.555. The van der Waals surface area contributed by atoms with Gasteiger partial charge in [-0.25, -0.2) is 8.37 Å². The van der Waals surface area contributed by atoms with E-state index < -0.39 is 28.0 Å². The van der Waals surface area contributed by atoms with Crippen LogP contribution in [0.3, 0.4) is 0 Å². The van der Waals surface area contributed by atoms with Gasteiger partial charge in [-0.3, -0.25) is 14.6 Å². The maximum absolute atomic E-state index is 13.3. The number of hydrogen-bond donors (Lipinski definition) is 0. The van der Waals surface area contributed by atoms with E-state index in [1.54, 1.807) is 31.4 Å². The largest absolute Gasteiger partial charge is 0.412 e. The van der Waals surface area contributed by atoms with Crippen LogP contribution in [0.2, 0.25) is 5.02 Å². The van der Waals surface area contributed by atoms with Crippen molar-refractivity contribution in [2.24, 2.45) is 0 Å². The molecule has 3 heterocycles. The lowest BCUT2D eigenvalue weighted by Crippen LogP contribution is -2.57. The first-order valence-electron chi connectivity index (χ1n) is 9.48. The van der Waals surface area contributed by atoms with Crippen molar-refractivity contribution in [1.82, 2.24) is 9.80 Å². The van der Waals surface area contributed by atoms with Crippen LogP contribution >= 0.6 is 11.6 Å². The summed E-state index contributed by atoms with van der Waals surface area (Å²) in [6, 6.07) is 6.81. The molecule has 1 aromatic rings. The van der Waals surface area contributed by atoms with Crippen molar-refractivity contribution in [3.8, 4) is 0 Å². The third kappa shape index (κ3) is 4.48. The molecule has 0 radical (unpaired) electrons. The van der Waals surface area contributed by atoms with Gasteiger partial charge in [-0.15, -0.1) is 0 Å². The Morgan fingerprint density at radius 2 is 1.80 bits per heavy atom. The van der Waals surface area contributed by atoms with Gasteiger partial charge in [0.2, 0.25) is 5.60 Å². The summed E-state index contributed by atoms with van der Waals surface area (Å²) in [5.74, 6) is -0.410. The van der Waals surface area contributed by atoms with Crippen LogP contribution in [0, 0.1) is 0 Å². The number of anilines is 1. The molecule has 3 fully saturated rings. The third-order valence-corrected chi connectivity index (χ3v) is 6.86. The van der Waals surface area contributed by atoms with Crippen molar-refractivity contribution in [3.05, 3.63) is 29.3 Å². The van der Waals surface area contributed by atoms with Crippen LogP contribution in [0.15, 0.2) is 24.3 Å². The van der Waals surface area contributed by atoms with E-state index in [2.05, 4.69) is 9.80 Å². The smallest absolute Gasteiger partial charge is 0.401 e. The minimum atomic E-state index is -4.20. The molecule has 2 atom stereocenters. The normalized spacial score (nSPS) is 29.1. The topological polar surface area (TPSA) is 120 Å². The summed E-state index contributed by atoms with van der Waals surface area (Å²) in [4.78, 5) is 19.2. The maximum Gasteiger partial charge on any atom is 0.401 e. The van der Waals surface area contributed by atoms with Gasteiger partial charge in [0.25, 0.3) is 5.91 Å². The van der Waals surface area contributed by atoms with E-state index in [1.807, 2.05) is 0 Å². The van der Waals surface area contributed by atoms with E-state index in [-0.39, 0.29) is 18.6 Å². The van der Waals surface area contributed by atoms with Gasteiger partial charge in [0.15, 0.2) is 0 Å². The Hall–Kier alpha value is -1.31. The van der Waals surface area contributed by atoms with E-state index in [0.29, 0.717) is 30.4 Å². The van der Waals surface area contributed by atoms with Crippen LogP contribution in [0.25, 0.3) is 0 Å². The number of carbonyl (C=O) groups is 1. The molecule has 12 heteroatoms. The minimum Gasteiger partial charge on any atom is -0.412 e. The van der Waals surface area contributed by atoms with Crippen LogP contribution in [0.1, 0.15) is 0 Å². The molecule has 168 valence electrons. The van der Waals surface area contributed by atoms with Crippen molar-refractivity contribution < 1.29 is 31.8 Å². The second kappa shape index (κ2) is 9.05. The van der Waals surface area contributed by atoms with Crippen LogP contribution in [-0.4, -0.2) is 101 Å². The summed E-state index contributed by atoms with van der Waals surface area (Å²) in [6.07, 6.45) is -0.887. The van der Waals surface area contributed by atoms with Gasteiger partial charge < -0.3 is 15.1 Å². The van der Waals surface area contributed by atoms with Gasteiger partial charge in [0, 0.05) is 57.1 Å². The van der Waals surface area contributed by atoms with Gasteiger partial charge >= 0.3 is 10.4 Å². The number of halogens is 1. The monoisotopic (exact) mass is 463 g/mol. The lowest BCUT2D eigenvalue weighted by atomic mass is 9.98. The van der Waals surface area contributed by atoms with E-state index in [0.717, 1.165) is 19.6 Å². The molecule has 0 saturated carbocycles. The van der Waals surface area contributed by atoms with Crippen molar-refractivity contribution in [1.29, 1.82) is 0 Å². The van der Waals surface area contributed by atoms with Crippen LogP contribution in [0.5, 0.6) is 0 Å². The Kier molecular flexibility index (Phi) is 7.04. The number of fused-ring (bicyclic) bond motifs is 1. The van der Waals surface area contributed by atoms with E-state index in [9.17, 15) is 13.2 Å². The molecular formula is C18H26ClN3O7S. The Morgan fingerprint density at radius 1 is 1.17 bits per heavy atom. The zero-order valence-corrected chi connectivity index (χ0v) is 18.2. The lowest BCUT2D eigenvalue weighted by molar-refractivity contribution is -0.133. The van der Waals surface area contributed by atoms with Gasteiger partial charge in [-0.05, 0) is 24.3 Å². The summed E-state index contributed by atoms with van der Waals surface area (Å²) < 4.78 is 39.6. The van der Waals surface area contributed by atoms with Gasteiger partial charge in [-0.2, -0.15) is 8.42 Å². The molecule has 2 N–H and O–H groups in total. The first-order chi connectivity index (χ1) is 13.8. The second-order valence-corrected chi connectivity index (χ2v) is 9.08. The molecular weight excluding hydrogens is 438 g/mol. The molecule has 3 aliphatic rings. The fourth-order valence-corrected chi connectivity index (χ4v) is 5.33. The maximum atomic E-state index is 13.3. The number of amides is 1. The summed E-state index contributed by atoms with van der Waals surface area (Å²) >= 11 is 5.94. The van der Waals surface area contributed by atoms with E-state index in [1.165, 1.54) is 4.90 Å². The summed E-state index contributed by atoms with van der Waals surface area (Å²) in [5, 5.41) is 0.553. The zero-order chi connectivity index (χ0) is 20.6. The van der Waals surface area contributed by atoms with Crippen molar-refractivity contribution in [3.63, 3.8) is 0 Å². The second-order valence-electron chi connectivity index (χ2n) is 7.47. The standard InChI is InChI=1S/C18H24ClN3O6S.H2O/c1-26-11-10-20-6-8-21(9-7-20)13-18-16(27-29(24,25)28-18)12-22(17(18)23)15-4-2-14(19)3-5-15;/h2-5,16H,6-13H2,1H3;1H2/t16?,18-;/m1./s1. The van der Waals surface area contributed by atoms with Gasteiger partial charge in [0.1, 0.15) is 6.10 Å². The average molecular weight is 464 g/mol. The Balaban J connectivity index is 0.00000256. The SMILES string of the molecule is COCCN1CCN(C[C@@]23OS(=O)(=O)OC2CN(c2ccc(Cl)cc2)C3=O)CC1.O. The predicted molar refractivity (Wildman–Crippen MR) is 110 cm³/mol. The molecule has 30 heavy (non-hydrogen) atoms. The third-order valence-electron chi connectivity index (χ3n) is 5.63. The molecule has 0 spiro atoms. The fraction of sp³-hybridized carbons (Fsp3) is 0.611. The van der Waals surface area contributed by atoms with Crippen molar-refractivity contribution >= 4 is 33.6 Å². The molecule has 1 aromatic carbocycles. The zero-order valence-electron chi connectivity index (χ0n) is 16.6. The highest BCUT2D eigenvalue weighted by Crippen LogP contribution is 2.41. The van der Waals surface area contributed by atoms with Crippen LogP contribution < -0.4 is 4.90 Å². The number of rotatable bonds is 6. The van der Waals surface area contributed by atoms with E-state index >= 15 is 0 Å².